The van der Waals surface area contributed by atoms with Gasteiger partial charge in [-0.25, -0.2) is 9.78 Å². The van der Waals surface area contributed by atoms with Crippen molar-refractivity contribution < 1.29 is 9.90 Å². The van der Waals surface area contributed by atoms with Crippen molar-refractivity contribution in [3.63, 3.8) is 0 Å². The molecule has 3 N–H and O–H groups in total. The molecule has 0 amide bonds. The van der Waals surface area contributed by atoms with Gasteiger partial charge in [0.05, 0.1) is 16.0 Å². The highest BCUT2D eigenvalue weighted by molar-refractivity contribution is 7.22. The Morgan fingerprint density at radius 2 is 2.17 bits per heavy atom. The van der Waals surface area contributed by atoms with Crippen LogP contribution in [0.15, 0.2) is 12.1 Å². The molecule has 0 spiro atoms. The minimum Gasteiger partial charge on any atom is -0.478 e. The number of carboxylic acid groups (broad SMARTS) is 1. The first-order valence-corrected chi connectivity index (χ1v) is 6.38. The van der Waals surface area contributed by atoms with Crippen molar-refractivity contribution in [2.75, 3.05) is 17.7 Å². The van der Waals surface area contributed by atoms with Gasteiger partial charge in [0, 0.05) is 13.1 Å². The summed E-state index contributed by atoms with van der Waals surface area (Å²) in [6.45, 7) is 4.07. The molecule has 6 heteroatoms. The topological polar surface area (TPSA) is 79.5 Å². The zero-order chi connectivity index (χ0) is 13.4. The largest absolute Gasteiger partial charge is 0.478 e. The molecule has 0 aliphatic rings. The molecule has 0 saturated carbocycles. The summed E-state index contributed by atoms with van der Waals surface area (Å²) in [6.07, 6.45) is 0. The van der Waals surface area contributed by atoms with Crippen molar-refractivity contribution in [3.8, 4) is 0 Å². The van der Waals surface area contributed by atoms with Crippen LogP contribution in [-0.4, -0.2) is 29.1 Å². The van der Waals surface area contributed by atoms with Crippen molar-refractivity contribution in [3.05, 3.63) is 17.7 Å². The lowest BCUT2D eigenvalue weighted by Gasteiger charge is -2.24. The Labute approximate surface area is 109 Å². The van der Waals surface area contributed by atoms with Gasteiger partial charge in [-0.2, -0.15) is 0 Å². The van der Waals surface area contributed by atoms with Gasteiger partial charge >= 0.3 is 5.97 Å². The molecule has 0 radical (unpaired) electrons. The zero-order valence-electron chi connectivity index (χ0n) is 10.5. The van der Waals surface area contributed by atoms with Gasteiger partial charge in [-0.3, -0.25) is 0 Å². The minimum absolute atomic E-state index is 0.250. The van der Waals surface area contributed by atoms with Crippen molar-refractivity contribution >= 4 is 38.3 Å². The molecule has 1 heterocycles. The van der Waals surface area contributed by atoms with Crippen LogP contribution in [0, 0.1) is 0 Å². The Morgan fingerprint density at radius 1 is 1.50 bits per heavy atom. The number of aromatic nitrogens is 1. The predicted molar refractivity (Wildman–Crippen MR) is 74.5 cm³/mol. The number of nitrogens with two attached hydrogens (primary N) is 1. The van der Waals surface area contributed by atoms with Gasteiger partial charge in [0.25, 0.3) is 0 Å². The lowest BCUT2D eigenvalue weighted by Crippen LogP contribution is -2.26. The molecule has 0 atom stereocenters. The summed E-state index contributed by atoms with van der Waals surface area (Å²) in [7, 11) is 1.92. The number of benzene rings is 1. The number of hydrogen-bond donors (Lipinski definition) is 2. The summed E-state index contributed by atoms with van der Waals surface area (Å²) in [6, 6.07) is 3.51. The Hall–Kier alpha value is -1.82. The second-order valence-electron chi connectivity index (χ2n) is 4.40. The summed E-state index contributed by atoms with van der Waals surface area (Å²) in [5, 5.41) is 9.58. The number of carboxylic acids is 1. The number of aromatic carboxylic acids is 1. The van der Waals surface area contributed by atoms with Crippen molar-refractivity contribution in [1.82, 2.24) is 4.98 Å². The molecule has 96 valence electrons. The smallest absolute Gasteiger partial charge is 0.335 e. The number of thiazole rings is 1. The van der Waals surface area contributed by atoms with E-state index in [4.69, 9.17) is 10.8 Å². The first kappa shape index (κ1) is 12.6. The molecule has 0 aliphatic heterocycles. The number of nitrogens with zero attached hydrogens (tertiary/aromatic N) is 2. The van der Waals surface area contributed by atoms with Gasteiger partial charge in [0.15, 0.2) is 5.13 Å². The van der Waals surface area contributed by atoms with Crippen LogP contribution >= 0.6 is 11.3 Å². The molecule has 0 bridgehead atoms. The molecule has 5 nitrogen and oxygen atoms in total. The minimum atomic E-state index is -0.942. The Kier molecular flexibility index (Phi) is 3.13. The van der Waals surface area contributed by atoms with Crippen LogP contribution in [0.2, 0.25) is 0 Å². The third-order valence-electron chi connectivity index (χ3n) is 2.89. The quantitative estimate of drug-likeness (QED) is 0.891. The van der Waals surface area contributed by atoms with Gasteiger partial charge in [-0.1, -0.05) is 11.3 Å². The van der Waals surface area contributed by atoms with Crippen LogP contribution in [0.4, 0.5) is 10.8 Å². The van der Waals surface area contributed by atoms with Gasteiger partial charge < -0.3 is 15.7 Å². The summed E-state index contributed by atoms with van der Waals surface area (Å²) < 4.78 is 0.801. The first-order chi connectivity index (χ1) is 8.40. The van der Waals surface area contributed by atoms with Crippen molar-refractivity contribution in [1.29, 1.82) is 0 Å². The number of nitrogen functional groups attached to an aromatic ring is 1. The van der Waals surface area contributed by atoms with E-state index in [1.54, 1.807) is 12.1 Å². The van der Waals surface area contributed by atoms with E-state index in [1.807, 2.05) is 25.8 Å². The fraction of sp³-hybridized carbons (Fsp3) is 0.333. The van der Waals surface area contributed by atoms with Crippen molar-refractivity contribution in [2.45, 2.75) is 19.9 Å². The van der Waals surface area contributed by atoms with Crippen LogP contribution < -0.4 is 10.6 Å². The van der Waals surface area contributed by atoms with Crippen molar-refractivity contribution in [2.24, 2.45) is 0 Å². The highest BCUT2D eigenvalue weighted by Crippen LogP contribution is 2.33. The Bertz CT molecular complexity index is 607. The molecule has 18 heavy (non-hydrogen) atoms. The molecule has 0 fully saturated rings. The van der Waals surface area contributed by atoms with Crippen LogP contribution in [0.5, 0.6) is 0 Å². The number of hydrogen-bond acceptors (Lipinski definition) is 5. The maximum absolute atomic E-state index is 11.1. The normalized spacial score (nSPS) is 11.1. The summed E-state index contributed by atoms with van der Waals surface area (Å²) in [5.41, 5.74) is 7.52. The lowest BCUT2D eigenvalue weighted by atomic mass is 10.1. The van der Waals surface area contributed by atoms with Crippen LogP contribution in [0.3, 0.4) is 0 Å². The Balaban J connectivity index is 2.71. The van der Waals surface area contributed by atoms with E-state index < -0.39 is 5.97 Å². The van der Waals surface area contributed by atoms with E-state index in [9.17, 15) is 4.79 Å². The monoisotopic (exact) mass is 265 g/mol. The standard InChI is InChI=1S/C12H15N3O2S/c1-6(2)15(3)8-4-7(11(16)17)5-9-10(8)14-12(13)18-9/h4-6H,1-3H3,(H2,13,14)(H,16,17). The second-order valence-corrected chi connectivity index (χ2v) is 5.47. The fourth-order valence-corrected chi connectivity index (χ4v) is 2.49. The first-order valence-electron chi connectivity index (χ1n) is 5.56. The third-order valence-corrected chi connectivity index (χ3v) is 3.72. The maximum atomic E-state index is 11.1. The van der Waals surface area contributed by atoms with E-state index in [0.717, 1.165) is 15.9 Å². The van der Waals surface area contributed by atoms with Crippen LogP contribution in [0.25, 0.3) is 10.2 Å². The highest BCUT2D eigenvalue weighted by atomic mass is 32.1. The molecule has 2 rings (SSSR count). The van der Waals surface area contributed by atoms with Gasteiger partial charge in [0.2, 0.25) is 0 Å². The molecule has 1 aromatic carbocycles. The van der Waals surface area contributed by atoms with E-state index >= 15 is 0 Å². The number of anilines is 2. The molecule has 0 unspecified atom stereocenters. The molecule has 0 aliphatic carbocycles. The molecule has 1 aromatic heterocycles. The number of carbonyl (C=O) groups is 1. The molecular formula is C12H15N3O2S. The number of rotatable bonds is 3. The second kappa shape index (κ2) is 4.45. The summed E-state index contributed by atoms with van der Waals surface area (Å²) in [5.74, 6) is -0.942. The average molecular weight is 265 g/mol. The molecule has 2 aromatic rings. The van der Waals surface area contributed by atoms with Gasteiger partial charge in [-0.05, 0) is 26.0 Å². The molecule has 0 saturated heterocycles. The third kappa shape index (κ3) is 2.11. The Morgan fingerprint density at radius 3 is 2.72 bits per heavy atom. The van der Waals surface area contributed by atoms with Crippen LogP contribution in [0.1, 0.15) is 24.2 Å². The van der Waals surface area contributed by atoms with E-state index in [0.29, 0.717) is 5.13 Å². The van der Waals surface area contributed by atoms with Gasteiger partial charge in [-0.15, -0.1) is 0 Å². The summed E-state index contributed by atoms with van der Waals surface area (Å²) in [4.78, 5) is 17.4. The SMILES string of the molecule is CC(C)N(C)c1cc(C(=O)O)cc2sc(N)nc12. The van der Waals surface area contributed by atoms with E-state index in [1.165, 1.54) is 11.3 Å². The zero-order valence-corrected chi connectivity index (χ0v) is 11.3. The highest BCUT2D eigenvalue weighted by Gasteiger charge is 2.16. The molecular weight excluding hydrogens is 250 g/mol. The summed E-state index contributed by atoms with van der Waals surface area (Å²) >= 11 is 1.30. The lowest BCUT2D eigenvalue weighted by molar-refractivity contribution is 0.0697. The van der Waals surface area contributed by atoms with E-state index in [-0.39, 0.29) is 11.6 Å². The maximum Gasteiger partial charge on any atom is 0.335 e. The predicted octanol–water partition coefficient (Wildman–Crippen LogP) is 2.42. The fourth-order valence-electron chi connectivity index (χ4n) is 1.70. The van der Waals surface area contributed by atoms with Gasteiger partial charge in [0.1, 0.15) is 5.52 Å². The van der Waals surface area contributed by atoms with Crippen LogP contribution in [-0.2, 0) is 0 Å². The van der Waals surface area contributed by atoms with E-state index in [2.05, 4.69) is 4.98 Å². The average Bonchev–Trinajstić information content (AvgIpc) is 2.66. The number of fused-ring (bicyclic) bond motifs is 1.